The van der Waals surface area contributed by atoms with Crippen molar-refractivity contribution in [3.05, 3.63) is 65.7 Å². The molecule has 4 amide bonds. The van der Waals surface area contributed by atoms with Gasteiger partial charge in [-0.3, -0.25) is 14.5 Å². The summed E-state index contributed by atoms with van der Waals surface area (Å²) < 4.78 is 0. The summed E-state index contributed by atoms with van der Waals surface area (Å²) in [5.74, 6) is -0.789. The van der Waals surface area contributed by atoms with E-state index in [0.717, 1.165) is 28.9 Å². The van der Waals surface area contributed by atoms with Crippen LogP contribution in [0.25, 0.3) is 0 Å². The number of nitrogens with zero attached hydrogens (tertiary/aromatic N) is 1. The largest absolute Gasteiger partial charge is 0.325 e. The van der Waals surface area contributed by atoms with Crippen molar-refractivity contribution in [3.8, 4) is 0 Å². The van der Waals surface area contributed by atoms with Crippen molar-refractivity contribution < 1.29 is 14.4 Å². The van der Waals surface area contributed by atoms with Crippen LogP contribution in [0.1, 0.15) is 37.3 Å². The van der Waals surface area contributed by atoms with Crippen LogP contribution < -0.4 is 10.6 Å². The maximum absolute atomic E-state index is 13.2. The molecule has 2 aromatic rings. The third kappa shape index (κ3) is 3.91. The van der Waals surface area contributed by atoms with Crippen LogP contribution in [0.5, 0.6) is 0 Å². The lowest BCUT2D eigenvalue weighted by Gasteiger charge is -2.27. The third-order valence-electron chi connectivity index (χ3n) is 4.98. The number of anilines is 1. The van der Waals surface area contributed by atoms with Gasteiger partial charge in [0.2, 0.25) is 5.91 Å². The molecule has 1 saturated heterocycles. The molecule has 0 spiro atoms. The standard InChI is InChI=1S/C22H25N3O3/c1-3-4-14-22(17-8-6-5-7-9-17)20(27)25(21(28)24-22)15-19(26)23-18-12-10-16(2)11-13-18/h5-13H,3-4,14-15H2,1-2H3,(H,23,26)(H,24,28). The number of urea groups is 1. The first kappa shape index (κ1) is 19.6. The summed E-state index contributed by atoms with van der Waals surface area (Å²) in [6, 6.07) is 16.0. The molecule has 0 saturated carbocycles. The van der Waals surface area contributed by atoms with E-state index in [-0.39, 0.29) is 12.5 Å². The van der Waals surface area contributed by atoms with Gasteiger partial charge in [-0.25, -0.2) is 4.79 Å². The third-order valence-corrected chi connectivity index (χ3v) is 4.98. The minimum atomic E-state index is -1.11. The molecule has 1 atom stereocenters. The molecule has 0 radical (unpaired) electrons. The molecule has 0 bridgehead atoms. The zero-order valence-corrected chi connectivity index (χ0v) is 16.2. The van der Waals surface area contributed by atoms with Crippen molar-refractivity contribution >= 4 is 23.5 Å². The lowest BCUT2D eigenvalue weighted by Crippen LogP contribution is -2.44. The van der Waals surface area contributed by atoms with Gasteiger partial charge in [0.05, 0.1) is 0 Å². The SMILES string of the molecule is CCCCC1(c2ccccc2)NC(=O)N(CC(=O)Nc2ccc(C)cc2)C1=O. The fraction of sp³-hybridized carbons (Fsp3) is 0.318. The molecule has 2 aromatic carbocycles. The smallest absolute Gasteiger partial charge is 0.325 e. The van der Waals surface area contributed by atoms with Gasteiger partial charge >= 0.3 is 6.03 Å². The molecule has 146 valence electrons. The van der Waals surface area contributed by atoms with E-state index in [0.29, 0.717) is 12.1 Å². The Kier molecular flexibility index (Phi) is 5.78. The van der Waals surface area contributed by atoms with Gasteiger partial charge in [0.15, 0.2) is 0 Å². The zero-order valence-electron chi connectivity index (χ0n) is 16.2. The van der Waals surface area contributed by atoms with E-state index >= 15 is 0 Å². The van der Waals surface area contributed by atoms with Crippen LogP contribution in [-0.2, 0) is 15.1 Å². The molecule has 6 heteroatoms. The summed E-state index contributed by atoms with van der Waals surface area (Å²) >= 11 is 0. The number of unbranched alkanes of at least 4 members (excludes halogenated alkanes) is 1. The number of imide groups is 1. The summed E-state index contributed by atoms with van der Waals surface area (Å²) in [7, 11) is 0. The van der Waals surface area contributed by atoms with Crippen LogP contribution in [0.4, 0.5) is 10.5 Å². The lowest BCUT2D eigenvalue weighted by molar-refractivity contribution is -0.134. The molecular formula is C22H25N3O3. The van der Waals surface area contributed by atoms with Crippen LogP contribution in [0.2, 0.25) is 0 Å². The van der Waals surface area contributed by atoms with Crippen molar-refractivity contribution in [1.82, 2.24) is 10.2 Å². The van der Waals surface area contributed by atoms with Crippen molar-refractivity contribution in [2.45, 2.75) is 38.6 Å². The number of benzene rings is 2. The number of carbonyl (C=O) groups excluding carboxylic acids is 3. The summed E-state index contributed by atoms with van der Waals surface area (Å²) in [5.41, 5.74) is 1.33. The molecule has 1 aliphatic rings. The molecule has 1 heterocycles. The highest BCUT2D eigenvalue weighted by Crippen LogP contribution is 2.34. The van der Waals surface area contributed by atoms with E-state index in [1.54, 1.807) is 12.1 Å². The van der Waals surface area contributed by atoms with Crippen molar-refractivity contribution in [2.75, 3.05) is 11.9 Å². The average Bonchev–Trinajstić information content (AvgIpc) is 2.94. The van der Waals surface area contributed by atoms with E-state index < -0.39 is 17.5 Å². The minimum absolute atomic E-state index is 0.320. The molecule has 3 rings (SSSR count). The molecule has 2 N–H and O–H groups in total. The highest BCUT2D eigenvalue weighted by Gasteiger charge is 2.52. The Morgan fingerprint density at radius 3 is 2.39 bits per heavy atom. The van der Waals surface area contributed by atoms with Gasteiger partial charge < -0.3 is 10.6 Å². The minimum Gasteiger partial charge on any atom is -0.325 e. The van der Waals surface area contributed by atoms with E-state index in [4.69, 9.17) is 0 Å². The predicted octanol–water partition coefficient (Wildman–Crippen LogP) is 3.57. The quantitative estimate of drug-likeness (QED) is 0.722. The normalized spacial score (nSPS) is 18.9. The number of carbonyl (C=O) groups is 3. The molecule has 0 aliphatic carbocycles. The molecule has 1 fully saturated rings. The van der Waals surface area contributed by atoms with Crippen LogP contribution in [0.3, 0.4) is 0 Å². The molecule has 1 unspecified atom stereocenters. The van der Waals surface area contributed by atoms with Crippen molar-refractivity contribution in [2.24, 2.45) is 0 Å². The second kappa shape index (κ2) is 8.25. The maximum Gasteiger partial charge on any atom is 0.325 e. The Hall–Kier alpha value is -3.15. The number of nitrogens with one attached hydrogen (secondary N) is 2. The molecule has 1 aliphatic heterocycles. The Balaban J connectivity index is 1.79. The Morgan fingerprint density at radius 1 is 1.07 bits per heavy atom. The summed E-state index contributed by atoms with van der Waals surface area (Å²) in [6.07, 6.45) is 2.17. The summed E-state index contributed by atoms with van der Waals surface area (Å²) in [4.78, 5) is 39.2. The molecule has 28 heavy (non-hydrogen) atoms. The fourth-order valence-corrected chi connectivity index (χ4v) is 3.42. The summed E-state index contributed by atoms with van der Waals surface area (Å²) in [6.45, 7) is 3.67. The van der Waals surface area contributed by atoms with E-state index in [1.165, 1.54) is 0 Å². The fourth-order valence-electron chi connectivity index (χ4n) is 3.42. The van der Waals surface area contributed by atoms with Crippen molar-refractivity contribution in [3.63, 3.8) is 0 Å². The topological polar surface area (TPSA) is 78.5 Å². The van der Waals surface area contributed by atoms with Crippen LogP contribution >= 0.6 is 0 Å². The van der Waals surface area contributed by atoms with E-state index in [9.17, 15) is 14.4 Å². The Bertz CT molecular complexity index is 864. The molecule has 0 aromatic heterocycles. The number of aryl methyl sites for hydroxylation is 1. The highest BCUT2D eigenvalue weighted by atomic mass is 16.2. The van der Waals surface area contributed by atoms with Crippen molar-refractivity contribution in [1.29, 1.82) is 0 Å². The first-order chi connectivity index (χ1) is 13.5. The number of rotatable bonds is 7. The van der Waals surface area contributed by atoms with Gasteiger partial charge in [-0.15, -0.1) is 0 Å². The average molecular weight is 379 g/mol. The van der Waals surface area contributed by atoms with E-state index in [2.05, 4.69) is 10.6 Å². The maximum atomic E-state index is 13.2. The lowest BCUT2D eigenvalue weighted by atomic mass is 9.85. The van der Waals surface area contributed by atoms with Crippen LogP contribution in [0, 0.1) is 6.92 Å². The van der Waals surface area contributed by atoms with Gasteiger partial charge in [-0.2, -0.15) is 0 Å². The van der Waals surface area contributed by atoms with Gasteiger partial charge in [0.1, 0.15) is 12.1 Å². The Labute approximate surface area is 164 Å². The number of hydrogen-bond acceptors (Lipinski definition) is 3. The van der Waals surface area contributed by atoms with Gasteiger partial charge in [0.25, 0.3) is 5.91 Å². The number of amides is 4. The van der Waals surface area contributed by atoms with Gasteiger partial charge in [-0.1, -0.05) is 67.8 Å². The summed E-state index contributed by atoms with van der Waals surface area (Å²) in [5, 5.41) is 5.59. The van der Waals surface area contributed by atoms with Crippen LogP contribution in [-0.4, -0.2) is 29.3 Å². The second-order valence-electron chi connectivity index (χ2n) is 7.11. The molecule has 6 nitrogen and oxygen atoms in total. The monoisotopic (exact) mass is 379 g/mol. The van der Waals surface area contributed by atoms with Gasteiger partial charge in [0, 0.05) is 5.69 Å². The van der Waals surface area contributed by atoms with E-state index in [1.807, 2.05) is 56.3 Å². The Morgan fingerprint density at radius 2 is 1.75 bits per heavy atom. The van der Waals surface area contributed by atoms with Gasteiger partial charge in [-0.05, 0) is 31.0 Å². The first-order valence-corrected chi connectivity index (χ1v) is 9.52. The predicted molar refractivity (Wildman–Crippen MR) is 108 cm³/mol. The van der Waals surface area contributed by atoms with Crippen LogP contribution in [0.15, 0.2) is 54.6 Å². The second-order valence-corrected chi connectivity index (χ2v) is 7.11. The first-order valence-electron chi connectivity index (χ1n) is 9.52. The highest BCUT2D eigenvalue weighted by molar-refractivity contribution is 6.10. The number of hydrogen-bond donors (Lipinski definition) is 2. The molecular weight excluding hydrogens is 354 g/mol. The zero-order chi connectivity index (χ0) is 20.1.